The van der Waals surface area contributed by atoms with Crippen molar-refractivity contribution in [1.82, 2.24) is 16.3 Å². The highest BCUT2D eigenvalue weighted by Gasteiger charge is 2.67. The van der Waals surface area contributed by atoms with Crippen LogP contribution >= 0.6 is 0 Å². The number of nitro benzene ring substituents is 3. The number of carboxylic acids is 2. The second-order valence-electron chi connectivity index (χ2n) is 23.0. The Balaban J connectivity index is 0.000000160. The van der Waals surface area contributed by atoms with Crippen molar-refractivity contribution < 1.29 is 62.9 Å². The lowest BCUT2D eigenvalue weighted by Crippen LogP contribution is -2.62. The highest BCUT2D eigenvalue weighted by molar-refractivity contribution is 7.88. The molecule has 0 fully saturated rings. The number of hydrazine groups is 6. The minimum atomic E-state index is -5.12. The number of hydrazone groups is 3. The van der Waals surface area contributed by atoms with E-state index >= 15 is 0 Å². The molecule has 1 atom stereocenters. The molecule has 0 bridgehead atoms. The lowest BCUT2D eigenvalue weighted by atomic mass is 9.68. The molecule has 9 N–H and O–H groups in total. The summed E-state index contributed by atoms with van der Waals surface area (Å²) in [5, 5.41) is 104. The Morgan fingerprint density at radius 3 is 0.913 bits per heavy atom. The van der Waals surface area contributed by atoms with Crippen molar-refractivity contribution in [3.05, 3.63) is 284 Å². The van der Waals surface area contributed by atoms with Gasteiger partial charge in [-0.15, -0.1) is 15.3 Å². The van der Waals surface area contributed by atoms with Gasteiger partial charge >= 0.3 is 11.9 Å². The van der Waals surface area contributed by atoms with Crippen molar-refractivity contribution in [2.45, 2.75) is 70.5 Å². The first-order valence-corrected chi connectivity index (χ1v) is 33.4. The molecule has 32 heteroatoms. The fraction of sp³-hybridized carbons (Fsp3) is 0.169. The summed E-state index contributed by atoms with van der Waals surface area (Å²) in [7, 11) is -5.12. The number of aliphatic carboxylic acids is 2. The third-order valence-electron chi connectivity index (χ3n) is 16.6. The van der Waals surface area contributed by atoms with Crippen LogP contribution in [0.3, 0.4) is 0 Å². The number of phenolic OH excluding ortho intramolecular Hbond substituents is 3. The molecule has 1 unspecified atom stereocenters. The van der Waals surface area contributed by atoms with Gasteiger partial charge in [-0.25, -0.2) is 0 Å². The molecule has 0 amide bonds. The van der Waals surface area contributed by atoms with Gasteiger partial charge in [-0.3, -0.25) is 60.8 Å². The van der Waals surface area contributed by atoms with E-state index in [1.807, 2.05) is 97.9 Å². The number of anilines is 6. The van der Waals surface area contributed by atoms with Gasteiger partial charge < -0.3 is 25.5 Å². The largest absolute Gasteiger partial charge is 0.508 e. The average molecular weight is 1420 g/mol. The standard InChI is InChI=1S/3C19H15N5O3.C14H26O7S/c3*25-18-12-10-16(11-13-18)23-21-19(14-6-8-17(9-7-14)24(26)27)20-22(23)15-4-2-1-3-5-15;1-4-7-8-9-10-14(12(17)18,22(19,20)21)13(5-2,6-3)11(15)16/h3*1-13,25H,(H,20,21);4-10H2,1-3H3,(H,15,16)(H,17,18)(H,19,20,21). The number of hydrogen-bond donors (Lipinski definition) is 9. The quantitative estimate of drug-likeness (QED) is 0.0124. The van der Waals surface area contributed by atoms with E-state index < -0.39 is 53.4 Å². The Hall–Kier alpha value is -13.4. The van der Waals surface area contributed by atoms with E-state index in [0.29, 0.717) is 40.6 Å². The van der Waals surface area contributed by atoms with Gasteiger partial charge in [-0.2, -0.15) is 39.1 Å². The normalized spacial score (nSPS) is 13.7. The van der Waals surface area contributed by atoms with E-state index in [1.54, 1.807) is 140 Å². The highest BCUT2D eigenvalue weighted by Crippen LogP contribution is 2.48. The van der Waals surface area contributed by atoms with Crippen LogP contribution in [0.4, 0.5) is 51.2 Å². The third kappa shape index (κ3) is 17.0. The van der Waals surface area contributed by atoms with Crippen molar-refractivity contribution in [2.75, 3.05) is 30.7 Å². The molecule has 12 rings (SSSR count). The molecular formula is C71H71N15O16S. The number of benzene rings is 9. The summed E-state index contributed by atoms with van der Waals surface area (Å²) >= 11 is 0. The number of hydrogen-bond acceptors (Lipinski definition) is 25. The first-order chi connectivity index (χ1) is 49.4. The summed E-state index contributed by atoms with van der Waals surface area (Å²) in [5.74, 6) is -1.20. The monoisotopic (exact) mass is 1420 g/mol. The number of phenols is 3. The van der Waals surface area contributed by atoms with E-state index in [9.17, 15) is 78.4 Å². The van der Waals surface area contributed by atoms with Gasteiger partial charge in [0.2, 0.25) is 4.75 Å². The van der Waals surface area contributed by atoms with Crippen LogP contribution in [0.1, 0.15) is 82.4 Å². The fourth-order valence-corrected chi connectivity index (χ4v) is 12.7. The van der Waals surface area contributed by atoms with Crippen LogP contribution < -0.4 is 47.0 Å². The number of carbonyl (C=O) groups is 2. The molecule has 31 nitrogen and oxygen atoms in total. The topological polar surface area (TPSA) is 412 Å². The Morgan fingerprint density at radius 2 is 0.689 bits per heavy atom. The average Bonchev–Trinajstić information content (AvgIpc) is 1.50. The van der Waals surface area contributed by atoms with Crippen LogP contribution in [-0.4, -0.2) is 87.5 Å². The predicted octanol–water partition coefficient (Wildman–Crippen LogP) is 12.8. The van der Waals surface area contributed by atoms with Gasteiger partial charge in [0.1, 0.15) is 17.2 Å². The lowest BCUT2D eigenvalue weighted by Gasteiger charge is -2.41. The SMILES string of the molecule is CCCCCCC(C(=O)O)(C(CC)(CC)C(=O)O)S(=O)(=O)O.O=[N+]([O-])c1ccc(C2=NN(c3ccccc3)N(c3ccc(O)cc3)N2)cc1.O=[N+]([O-])c1ccc(C2=NN(c3ccccc3)N(c3ccc(O)cc3)N2)cc1.O=[N+]([O-])c1ccc(C2=NN(c3ccccc3)N(c3ccc(O)cc3)N2)cc1. The summed E-state index contributed by atoms with van der Waals surface area (Å²) in [5.41, 5.74) is 14.5. The molecule has 0 radical (unpaired) electrons. The molecule has 9 aromatic carbocycles. The molecule has 0 aliphatic carbocycles. The van der Waals surface area contributed by atoms with E-state index in [4.69, 9.17) is 0 Å². The molecule has 103 heavy (non-hydrogen) atoms. The van der Waals surface area contributed by atoms with Crippen LogP contribution in [0.2, 0.25) is 0 Å². The van der Waals surface area contributed by atoms with Crippen LogP contribution in [0.25, 0.3) is 0 Å². The molecule has 3 heterocycles. The smallest absolute Gasteiger partial charge is 0.328 e. The molecular weight excluding hydrogens is 1350 g/mol. The second-order valence-corrected chi connectivity index (χ2v) is 24.6. The molecule has 0 saturated carbocycles. The van der Waals surface area contributed by atoms with Crippen molar-refractivity contribution in [1.29, 1.82) is 0 Å². The van der Waals surface area contributed by atoms with Crippen LogP contribution in [-0.2, 0) is 19.7 Å². The minimum absolute atomic E-state index is 0.0210. The zero-order valence-corrected chi connectivity index (χ0v) is 56.3. The number of rotatable bonds is 23. The van der Waals surface area contributed by atoms with Gasteiger partial charge in [-0.05, 0) is 165 Å². The van der Waals surface area contributed by atoms with E-state index in [1.165, 1.54) is 50.2 Å². The number of amidine groups is 3. The maximum Gasteiger partial charge on any atom is 0.328 e. The minimum Gasteiger partial charge on any atom is -0.508 e. The molecule has 0 saturated heterocycles. The summed E-state index contributed by atoms with van der Waals surface area (Å²) in [6.45, 7) is 4.78. The number of aromatic hydroxyl groups is 3. The van der Waals surface area contributed by atoms with Crippen molar-refractivity contribution >= 4 is 90.8 Å². The maximum absolute atomic E-state index is 11.9. The molecule has 9 aromatic rings. The van der Waals surface area contributed by atoms with Crippen LogP contribution in [0.5, 0.6) is 17.2 Å². The van der Waals surface area contributed by atoms with Gasteiger partial charge in [0.05, 0.1) is 54.3 Å². The fourth-order valence-electron chi connectivity index (χ4n) is 11.2. The lowest BCUT2D eigenvalue weighted by molar-refractivity contribution is -0.385. The number of para-hydroxylation sites is 3. The maximum atomic E-state index is 11.9. The van der Waals surface area contributed by atoms with Gasteiger partial charge in [-0.1, -0.05) is 101 Å². The first-order valence-electron chi connectivity index (χ1n) is 32.0. The van der Waals surface area contributed by atoms with E-state index in [0.717, 1.165) is 47.0 Å². The number of nitrogens with zero attached hydrogens (tertiary/aromatic N) is 12. The Morgan fingerprint density at radius 1 is 0.408 bits per heavy atom. The summed E-state index contributed by atoms with van der Waals surface area (Å²) in [4.78, 5) is 54.8. The number of nitrogens with one attached hydrogen (secondary N) is 3. The number of unbranched alkanes of at least 4 members (excludes halogenated alkanes) is 3. The zero-order chi connectivity index (χ0) is 74.0. The third-order valence-corrected chi connectivity index (χ3v) is 18.3. The van der Waals surface area contributed by atoms with Gasteiger partial charge in [0.25, 0.3) is 27.2 Å². The zero-order valence-electron chi connectivity index (χ0n) is 55.5. The van der Waals surface area contributed by atoms with Crippen molar-refractivity contribution in [3.8, 4) is 17.2 Å². The summed E-state index contributed by atoms with van der Waals surface area (Å²) < 4.78 is 30.8. The summed E-state index contributed by atoms with van der Waals surface area (Å²) in [6, 6.07) is 67.3. The van der Waals surface area contributed by atoms with Crippen molar-refractivity contribution in [3.63, 3.8) is 0 Å². The Labute approximate surface area is 590 Å². The van der Waals surface area contributed by atoms with Gasteiger partial charge in [0.15, 0.2) is 17.5 Å². The number of nitro groups is 3. The molecule has 3 aliphatic rings. The van der Waals surface area contributed by atoms with E-state index in [2.05, 4.69) is 31.6 Å². The Kier molecular flexibility index (Phi) is 23.7. The highest BCUT2D eigenvalue weighted by atomic mass is 32.2. The number of non-ortho nitro benzene ring substituents is 3. The van der Waals surface area contributed by atoms with Crippen LogP contribution in [0, 0.1) is 35.8 Å². The first kappa shape index (κ1) is 73.9. The van der Waals surface area contributed by atoms with E-state index in [-0.39, 0.29) is 53.6 Å². The summed E-state index contributed by atoms with van der Waals surface area (Å²) in [6.07, 6.45) is 1.59. The number of carboxylic acid groups (broad SMARTS) is 2. The molecule has 3 aliphatic heterocycles. The predicted molar refractivity (Wildman–Crippen MR) is 388 cm³/mol. The van der Waals surface area contributed by atoms with Crippen LogP contribution in [0.15, 0.2) is 252 Å². The van der Waals surface area contributed by atoms with Crippen molar-refractivity contribution in [2.24, 2.45) is 20.7 Å². The van der Waals surface area contributed by atoms with Gasteiger partial charge in [0, 0.05) is 53.1 Å². The molecule has 0 aromatic heterocycles. The molecule has 0 spiro atoms. The second kappa shape index (κ2) is 33.0. The molecule has 532 valence electrons. The Bertz CT molecular complexity index is 4230.